The van der Waals surface area contributed by atoms with Crippen molar-refractivity contribution in [3.63, 3.8) is 0 Å². The molecule has 1 aromatic carbocycles. The summed E-state index contributed by atoms with van der Waals surface area (Å²) < 4.78 is 11.8. The molecule has 2 atom stereocenters. The van der Waals surface area contributed by atoms with Crippen molar-refractivity contribution < 1.29 is 14.6 Å². The molecule has 1 aliphatic rings. The van der Waals surface area contributed by atoms with Crippen LogP contribution in [0.4, 0.5) is 0 Å². The molecule has 0 radical (unpaired) electrons. The average molecular weight is 278 g/mol. The monoisotopic (exact) mass is 278 g/mol. The number of benzene rings is 1. The van der Waals surface area contributed by atoms with Crippen LogP contribution >= 0.6 is 0 Å². The Morgan fingerprint density at radius 1 is 1.25 bits per heavy atom. The average Bonchev–Trinajstić information content (AvgIpc) is 2.42. The van der Waals surface area contributed by atoms with Gasteiger partial charge < -0.3 is 14.6 Å². The minimum Gasteiger partial charge on any atom is -0.490 e. The number of hydrogen-bond acceptors (Lipinski definition) is 3. The lowest BCUT2D eigenvalue weighted by molar-refractivity contribution is -0.0315. The fourth-order valence-corrected chi connectivity index (χ4v) is 2.67. The Morgan fingerprint density at radius 3 is 2.65 bits per heavy atom. The van der Waals surface area contributed by atoms with Gasteiger partial charge in [0.25, 0.3) is 0 Å². The lowest BCUT2D eigenvalue weighted by Crippen LogP contribution is -2.41. The van der Waals surface area contributed by atoms with Gasteiger partial charge in [-0.1, -0.05) is 32.9 Å². The molecule has 20 heavy (non-hydrogen) atoms. The second-order valence-corrected chi connectivity index (χ2v) is 6.43. The van der Waals surface area contributed by atoms with Crippen molar-refractivity contribution >= 4 is 0 Å². The zero-order valence-corrected chi connectivity index (χ0v) is 12.8. The third-order valence-corrected chi connectivity index (χ3v) is 3.89. The fraction of sp³-hybridized carbons (Fsp3) is 0.647. The van der Waals surface area contributed by atoms with Gasteiger partial charge in [-0.25, -0.2) is 0 Å². The highest BCUT2D eigenvalue weighted by molar-refractivity contribution is 5.39. The van der Waals surface area contributed by atoms with E-state index in [4.69, 9.17) is 9.47 Å². The number of rotatable bonds is 5. The molecular weight excluding hydrogens is 252 g/mol. The minimum absolute atomic E-state index is 0.148. The molecule has 3 nitrogen and oxygen atoms in total. The molecule has 2 unspecified atom stereocenters. The Balaban J connectivity index is 2.08. The summed E-state index contributed by atoms with van der Waals surface area (Å²) >= 11 is 0. The number of aliphatic hydroxyl groups is 1. The van der Waals surface area contributed by atoms with Crippen LogP contribution in [0, 0.1) is 5.41 Å². The zero-order valence-electron chi connectivity index (χ0n) is 12.8. The lowest BCUT2D eigenvalue weighted by Gasteiger charge is -2.38. The first-order valence-corrected chi connectivity index (χ1v) is 7.58. The fourth-order valence-electron chi connectivity index (χ4n) is 2.67. The molecule has 0 amide bonds. The van der Waals surface area contributed by atoms with Crippen LogP contribution in [0.1, 0.15) is 46.5 Å². The highest BCUT2D eigenvalue weighted by Crippen LogP contribution is 2.38. The van der Waals surface area contributed by atoms with Crippen molar-refractivity contribution in [3.8, 4) is 11.5 Å². The third kappa shape index (κ3) is 3.89. The largest absolute Gasteiger partial charge is 0.490 e. The van der Waals surface area contributed by atoms with Gasteiger partial charge in [-0.3, -0.25) is 0 Å². The van der Waals surface area contributed by atoms with Crippen molar-refractivity contribution in [2.75, 3.05) is 6.61 Å². The molecular formula is C17H26O3. The molecule has 0 aliphatic heterocycles. The molecule has 1 aliphatic carbocycles. The number of para-hydroxylation sites is 2. The van der Waals surface area contributed by atoms with E-state index in [0.717, 1.165) is 37.2 Å². The van der Waals surface area contributed by atoms with E-state index in [1.165, 1.54) is 0 Å². The van der Waals surface area contributed by atoms with E-state index in [9.17, 15) is 5.11 Å². The van der Waals surface area contributed by atoms with Gasteiger partial charge in [0.05, 0.1) is 12.7 Å². The van der Waals surface area contributed by atoms with Crippen molar-refractivity contribution in [1.82, 2.24) is 0 Å². The number of hydrogen-bond donors (Lipinski definition) is 1. The summed E-state index contributed by atoms with van der Waals surface area (Å²) in [5, 5.41) is 10.2. The molecule has 1 saturated carbocycles. The first-order chi connectivity index (χ1) is 9.52. The first-order valence-electron chi connectivity index (χ1n) is 7.58. The van der Waals surface area contributed by atoms with Gasteiger partial charge in [0, 0.05) is 0 Å². The maximum atomic E-state index is 10.2. The quantitative estimate of drug-likeness (QED) is 0.890. The molecule has 112 valence electrons. The number of ether oxygens (including phenoxy) is 2. The first kappa shape index (κ1) is 15.2. The predicted molar refractivity (Wildman–Crippen MR) is 80.3 cm³/mol. The van der Waals surface area contributed by atoms with Crippen molar-refractivity contribution in [2.24, 2.45) is 5.41 Å². The summed E-state index contributed by atoms with van der Waals surface area (Å²) in [4.78, 5) is 0. The van der Waals surface area contributed by atoms with E-state index >= 15 is 0 Å². The van der Waals surface area contributed by atoms with E-state index in [1.54, 1.807) is 0 Å². The van der Waals surface area contributed by atoms with Gasteiger partial charge in [-0.05, 0) is 43.2 Å². The molecule has 1 aromatic rings. The van der Waals surface area contributed by atoms with Gasteiger partial charge in [0.1, 0.15) is 6.10 Å². The summed E-state index contributed by atoms with van der Waals surface area (Å²) in [7, 11) is 0. The summed E-state index contributed by atoms with van der Waals surface area (Å²) in [6.45, 7) is 7.22. The molecule has 2 rings (SSSR count). The zero-order chi connectivity index (χ0) is 14.6. The lowest BCUT2D eigenvalue weighted by atomic mass is 9.75. The molecule has 3 heteroatoms. The van der Waals surface area contributed by atoms with Crippen LogP contribution in [0.5, 0.6) is 11.5 Å². The Morgan fingerprint density at radius 2 is 1.95 bits per heavy atom. The smallest absolute Gasteiger partial charge is 0.161 e. The maximum Gasteiger partial charge on any atom is 0.161 e. The molecule has 0 heterocycles. The van der Waals surface area contributed by atoms with Gasteiger partial charge in [0.2, 0.25) is 0 Å². The van der Waals surface area contributed by atoms with Crippen LogP contribution in [0.15, 0.2) is 24.3 Å². The molecule has 0 spiro atoms. The third-order valence-electron chi connectivity index (χ3n) is 3.89. The van der Waals surface area contributed by atoms with E-state index in [0.29, 0.717) is 6.61 Å². The molecule has 0 bridgehead atoms. The van der Waals surface area contributed by atoms with Crippen LogP contribution in [0.2, 0.25) is 0 Å². The standard InChI is InChI=1S/C17H26O3/c1-4-11-19-14-7-5-6-8-15(14)20-16-12-17(2,3)10-9-13(16)18/h5-8,13,16,18H,4,9-12H2,1-3H3. The normalized spacial score (nSPS) is 25.2. The Labute approximate surface area is 121 Å². The summed E-state index contributed by atoms with van der Waals surface area (Å²) in [5.41, 5.74) is 0.225. The van der Waals surface area contributed by atoms with Crippen molar-refractivity contribution in [3.05, 3.63) is 24.3 Å². The summed E-state index contributed by atoms with van der Waals surface area (Å²) in [6.07, 6.45) is 3.15. The van der Waals surface area contributed by atoms with Gasteiger partial charge in [-0.15, -0.1) is 0 Å². The SMILES string of the molecule is CCCOc1ccccc1OC1CC(C)(C)CCC1O. The molecule has 0 aromatic heterocycles. The second-order valence-electron chi connectivity index (χ2n) is 6.43. The minimum atomic E-state index is -0.387. The topological polar surface area (TPSA) is 38.7 Å². The highest BCUT2D eigenvalue weighted by Gasteiger charge is 2.35. The maximum absolute atomic E-state index is 10.2. The van der Waals surface area contributed by atoms with Gasteiger partial charge in [0.15, 0.2) is 11.5 Å². The summed E-state index contributed by atoms with van der Waals surface area (Å²) in [6, 6.07) is 7.72. The Kier molecular flexibility index (Phi) is 4.92. The van der Waals surface area contributed by atoms with Gasteiger partial charge >= 0.3 is 0 Å². The van der Waals surface area contributed by atoms with E-state index in [2.05, 4.69) is 20.8 Å². The molecule has 0 saturated heterocycles. The molecule has 1 fully saturated rings. The van der Waals surface area contributed by atoms with Crippen molar-refractivity contribution in [2.45, 2.75) is 58.7 Å². The van der Waals surface area contributed by atoms with Crippen LogP contribution < -0.4 is 9.47 Å². The molecule has 1 N–H and O–H groups in total. The second kappa shape index (κ2) is 6.49. The highest BCUT2D eigenvalue weighted by atomic mass is 16.5. The van der Waals surface area contributed by atoms with Crippen LogP contribution in [0.25, 0.3) is 0 Å². The van der Waals surface area contributed by atoms with Gasteiger partial charge in [-0.2, -0.15) is 0 Å². The van der Waals surface area contributed by atoms with E-state index in [-0.39, 0.29) is 17.6 Å². The number of aliphatic hydroxyl groups excluding tert-OH is 1. The predicted octanol–water partition coefficient (Wildman–Crippen LogP) is 3.79. The Hall–Kier alpha value is -1.22. The van der Waals surface area contributed by atoms with E-state index in [1.807, 2.05) is 24.3 Å². The van der Waals surface area contributed by atoms with Crippen LogP contribution in [-0.4, -0.2) is 23.9 Å². The van der Waals surface area contributed by atoms with Crippen LogP contribution in [-0.2, 0) is 0 Å². The Bertz CT molecular complexity index is 428. The van der Waals surface area contributed by atoms with E-state index < -0.39 is 0 Å². The van der Waals surface area contributed by atoms with Crippen molar-refractivity contribution in [1.29, 1.82) is 0 Å². The van der Waals surface area contributed by atoms with Crippen LogP contribution in [0.3, 0.4) is 0 Å². The summed E-state index contributed by atoms with van der Waals surface area (Å²) in [5.74, 6) is 1.51.